The molecule has 4 nitrogen and oxygen atoms in total. The van der Waals surface area contributed by atoms with Crippen molar-refractivity contribution in [1.82, 2.24) is 5.32 Å². The summed E-state index contributed by atoms with van der Waals surface area (Å²) >= 11 is 12.7. The van der Waals surface area contributed by atoms with Crippen molar-refractivity contribution in [3.05, 3.63) is 81.7 Å². The van der Waals surface area contributed by atoms with Crippen LogP contribution in [0.3, 0.4) is 0 Å². The molecule has 0 saturated carbocycles. The van der Waals surface area contributed by atoms with Crippen molar-refractivity contribution in [2.75, 3.05) is 6.61 Å². The normalized spacial score (nSPS) is 10.4. The number of ether oxygens (including phenoxy) is 2. The molecule has 0 aliphatic heterocycles. The molecule has 28 heavy (non-hydrogen) atoms. The maximum Gasteiger partial charge on any atom is 0.180 e. The molecular formula is C21H22Cl3NO3. The molecule has 0 bridgehead atoms. The Kier molecular flexibility index (Phi) is 9.00. The Morgan fingerprint density at radius 2 is 1.79 bits per heavy atom. The maximum atomic E-state index is 6.47. The summed E-state index contributed by atoms with van der Waals surface area (Å²) in [5.41, 5.74) is 1.89. The lowest BCUT2D eigenvalue weighted by atomic mass is 10.2. The molecule has 0 radical (unpaired) electrons. The Labute approximate surface area is 181 Å². The van der Waals surface area contributed by atoms with Gasteiger partial charge in [-0.25, -0.2) is 0 Å². The number of hydrogen-bond acceptors (Lipinski definition) is 4. The van der Waals surface area contributed by atoms with Crippen LogP contribution in [0, 0.1) is 0 Å². The Morgan fingerprint density at radius 1 is 0.964 bits per heavy atom. The third kappa shape index (κ3) is 6.08. The molecule has 7 heteroatoms. The SMILES string of the molecule is CCOc1cc(CNCc2ccco2)cc(Cl)c1OCc1ccccc1Cl.Cl. The van der Waals surface area contributed by atoms with E-state index < -0.39 is 0 Å². The zero-order valence-electron chi connectivity index (χ0n) is 15.4. The van der Waals surface area contributed by atoms with E-state index >= 15 is 0 Å². The van der Waals surface area contributed by atoms with Crippen LogP contribution < -0.4 is 14.8 Å². The zero-order valence-corrected chi connectivity index (χ0v) is 17.7. The van der Waals surface area contributed by atoms with E-state index in [1.54, 1.807) is 6.26 Å². The van der Waals surface area contributed by atoms with Gasteiger partial charge < -0.3 is 19.2 Å². The van der Waals surface area contributed by atoms with Gasteiger partial charge in [0.1, 0.15) is 12.4 Å². The minimum atomic E-state index is 0. The van der Waals surface area contributed by atoms with Gasteiger partial charge in [-0.2, -0.15) is 0 Å². The molecule has 0 amide bonds. The van der Waals surface area contributed by atoms with Gasteiger partial charge in [-0.3, -0.25) is 0 Å². The number of rotatable bonds is 9. The van der Waals surface area contributed by atoms with Crippen LogP contribution in [-0.2, 0) is 19.7 Å². The molecule has 150 valence electrons. The van der Waals surface area contributed by atoms with Crippen molar-refractivity contribution in [3.63, 3.8) is 0 Å². The van der Waals surface area contributed by atoms with E-state index in [1.807, 2.05) is 55.5 Å². The Bertz CT molecular complexity index is 869. The number of benzene rings is 2. The summed E-state index contributed by atoms with van der Waals surface area (Å²) in [5, 5.41) is 4.48. The second-order valence-corrected chi connectivity index (χ2v) is 6.72. The molecule has 3 rings (SSSR count). The van der Waals surface area contributed by atoms with Crippen LogP contribution >= 0.6 is 35.6 Å². The fourth-order valence-electron chi connectivity index (χ4n) is 2.64. The average Bonchev–Trinajstić information content (AvgIpc) is 3.16. The zero-order chi connectivity index (χ0) is 19.1. The molecule has 0 aliphatic rings. The predicted octanol–water partition coefficient (Wildman–Crippen LogP) is 6.28. The minimum absolute atomic E-state index is 0. The maximum absolute atomic E-state index is 6.47. The van der Waals surface area contributed by atoms with Gasteiger partial charge in [0, 0.05) is 17.1 Å². The second-order valence-electron chi connectivity index (χ2n) is 5.90. The van der Waals surface area contributed by atoms with Crippen LogP contribution in [0.1, 0.15) is 23.8 Å². The summed E-state index contributed by atoms with van der Waals surface area (Å²) in [7, 11) is 0. The fraction of sp³-hybridized carbons (Fsp3) is 0.238. The van der Waals surface area contributed by atoms with Crippen molar-refractivity contribution in [2.24, 2.45) is 0 Å². The molecule has 1 heterocycles. The van der Waals surface area contributed by atoms with E-state index in [0.717, 1.165) is 16.9 Å². The van der Waals surface area contributed by atoms with E-state index in [4.69, 9.17) is 37.1 Å². The smallest absolute Gasteiger partial charge is 0.180 e. The summed E-state index contributed by atoms with van der Waals surface area (Å²) in [5.74, 6) is 2.02. The van der Waals surface area contributed by atoms with Gasteiger partial charge in [0.15, 0.2) is 11.5 Å². The van der Waals surface area contributed by atoms with Crippen LogP contribution in [0.5, 0.6) is 11.5 Å². The molecule has 0 spiro atoms. The first kappa shape index (κ1) is 22.4. The van der Waals surface area contributed by atoms with Crippen molar-refractivity contribution >= 4 is 35.6 Å². The van der Waals surface area contributed by atoms with E-state index in [2.05, 4.69) is 5.32 Å². The minimum Gasteiger partial charge on any atom is -0.490 e. The quantitative estimate of drug-likeness (QED) is 0.424. The molecule has 0 fully saturated rings. The van der Waals surface area contributed by atoms with Gasteiger partial charge in [0.2, 0.25) is 0 Å². The van der Waals surface area contributed by atoms with Crippen molar-refractivity contribution < 1.29 is 13.9 Å². The summed E-state index contributed by atoms with van der Waals surface area (Å²) < 4.78 is 17.0. The molecule has 0 unspecified atom stereocenters. The molecule has 0 aliphatic carbocycles. The molecule has 2 aromatic carbocycles. The summed E-state index contributed by atoms with van der Waals surface area (Å²) in [6, 6.07) is 15.2. The van der Waals surface area contributed by atoms with Gasteiger partial charge in [0.05, 0.1) is 24.4 Å². The molecule has 3 aromatic rings. The van der Waals surface area contributed by atoms with Crippen LogP contribution in [0.4, 0.5) is 0 Å². The van der Waals surface area contributed by atoms with Crippen LogP contribution in [0.2, 0.25) is 10.0 Å². The van der Waals surface area contributed by atoms with E-state index in [9.17, 15) is 0 Å². The van der Waals surface area contributed by atoms with Crippen LogP contribution in [0.15, 0.2) is 59.2 Å². The highest BCUT2D eigenvalue weighted by molar-refractivity contribution is 6.32. The first-order valence-corrected chi connectivity index (χ1v) is 9.47. The Hall–Kier alpha value is -1.85. The van der Waals surface area contributed by atoms with E-state index in [0.29, 0.717) is 47.8 Å². The molecule has 0 atom stereocenters. The van der Waals surface area contributed by atoms with Gasteiger partial charge in [0.25, 0.3) is 0 Å². The Morgan fingerprint density at radius 3 is 2.50 bits per heavy atom. The molecule has 0 saturated heterocycles. The Balaban J connectivity index is 0.00000280. The summed E-state index contributed by atoms with van der Waals surface area (Å²) in [4.78, 5) is 0. The third-order valence-electron chi connectivity index (χ3n) is 3.91. The van der Waals surface area contributed by atoms with Gasteiger partial charge in [-0.15, -0.1) is 12.4 Å². The highest BCUT2D eigenvalue weighted by Gasteiger charge is 2.14. The molecule has 1 aromatic heterocycles. The molecule has 1 N–H and O–H groups in total. The number of furan rings is 1. The summed E-state index contributed by atoms with van der Waals surface area (Å²) in [6.07, 6.45) is 1.66. The topological polar surface area (TPSA) is 43.6 Å². The van der Waals surface area contributed by atoms with Crippen molar-refractivity contribution in [2.45, 2.75) is 26.6 Å². The highest BCUT2D eigenvalue weighted by Crippen LogP contribution is 2.37. The first-order chi connectivity index (χ1) is 13.2. The van der Waals surface area contributed by atoms with Crippen LogP contribution in [0.25, 0.3) is 0 Å². The largest absolute Gasteiger partial charge is 0.490 e. The molecular weight excluding hydrogens is 421 g/mol. The van der Waals surface area contributed by atoms with Crippen molar-refractivity contribution in [3.8, 4) is 11.5 Å². The lowest BCUT2D eigenvalue weighted by Gasteiger charge is -2.16. The predicted molar refractivity (Wildman–Crippen MR) is 115 cm³/mol. The number of nitrogens with one attached hydrogen (secondary N) is 1. The van der Waals surface area contributed by atoms with E-state index in [-0.39, 0.29) is 12.4 Å². The second kappa shape index (κ2) is 11.2. The first-order valence-electron chi connectivity index (χ1n) is 8.72. The lowest BCUT2D eigenvalue weighted by molar-refractivity contribution is 0.269. The van der Waals surface area contributed by atoms with Crippen LogP contribution in [-0.4, -0.2) is 6.61 Å². The van der Waals surface area contributed by atoms with Crippen molar-refractivity contribution in [1.29, 1.82) is 0 Å². The lowest BCUT2D eigenvalue weighted by Crippen LogP contribution is -2.12. The fourth-order valence-corrected chi connectivity index (χ4v) is 3.11. The standard InChI is InChI=1S/C21H21Cl2NO3.ClH/c1-2-25-20-11-15(12-24-13-17-7-5-9-26-17)10-19(23)21(20)27-14-16-6-3-4-8-18(16)22;/h3-11,24H,2,12-14H2,1H3;1H. The van der Waals surface area contributed by atoms with Gasteiger partial charge >= 0.3 is 0 Å². The van der Waals surface area contributed by atoms with Gasteiger partial charge in [-0.05, 0) is 42.8 Å². The number of hydrogen-bond donors (Lipinski definition) is 1. The highest BCUT2D eigenvalue weighted by atomic mass is 35.5. The van der Waals surface area contributed by atoms with E-state index in [1.165, 1.54) is 0 Å². The van der Waals surface area contributed by atoms with Gasteiger partial charge in [-0.1, -0.05) is 41.4 Å². The third-order valence-corrected chi connectivity index (χ3v) is 4.56. The monoisotopic (exact) mass is 441 g/mol. The average molecular weight is 443 g/mol. The number of halogens is 3. The summed E-state index contributed by atoms with van der Waals surface area (Å²) in [6.45, 7) is 4.02.